The van der Waals surface area contributed by atoms with Crippen LogP contribution in [0.15, 0.2) is 35.1 Å². The van der Waals surface area contributed by atoms with Crippen molar-refractivity contribution in [1.29, 1.82) is 0 Å². The third kappa shape index (κ3) is 2.51. The van der Waals surface area contributed by atoms with Crippen molar-refractivity contribution >= 4 is 0 Å². The Morgan fingerprint density at radius 1 is 1.10 bits per heavy atom. The van der Waals surface area contributed by atoms with Gasteiger partial charge in [0.05, 0.1) is 12.2 Å². The van der Waals surface area contributed by atoms with E-state index in [1.165, 1.54) is 35.1 Å². The summed E-state index contributed by atoms with van der Waals surface area (Å²) in [5.41, 5.74) is 10.2. The van der Waals surface area contributed by atoms with Crippen molar-refractivity contribution in [3.63, 3.8) is 0 Å². The Labute approximate surface area is 118 Å². The molecule has 1 aromatic heterocycles. The summed E-state index contributed by atoms with van der Waals surface area (Å²) in [5, 5.41) is 4.41. The number of fused-ring (bicyclic) bond motifs is 1. The smallest absolute Gasteiger partial charge is 0.266 e. The molecule has 1 aromatic carbocycles. The Morgan fingerprint density at radius 3 is 2.70 bits per heavy atom. The SMILES string of the molecule is NCCn1nc(-c2ccc3c(c2)CCCC3)ccc1=O. The van der Waals surface area contributed by atoms with Crippen LogP contribution in [0.1, 0.15) is 24.0 Å². The molecule has 4 heteroatoms. The summed E-state index contributed by atoms with van der Waals surface area (Å²) < 4.78 is 1.44. The molecule has 0 spiro atoms. The second-order valence-electron chi connectivity index (χ2n) is 5.26. The van der Waals surface area contributed by atoms with E-state index in [0.29, 0.717) is 13.1 Å². The van der Waals surface area contributed by atoms with Gasteiger partial charge in [0.1, 0.15) is 0 Å². The van der Waals surface area contributed by atoms with Gasteiger partial charge in [-0.3, -0.25) is 4.79 Å². The summed E-state index contributed by atoms with van der Waals surface area (Å²) in [4.78, 5) is 11.7. The lowest BCUT2D eigenvalue weighted by molar-refractivity contribution is 0.590. The fraction of sp³-hybridized carbons (Fsp3) is 0.375. The number of benzene rings is 1. The highest BCUT2D eigenvalue weighted by molar-refractivity contribution is 5.60. The second kappa shape index (κ2) is 5.59. The van der Waals surface area contributed by atoms with Crippen molar-refractivity contribution in [3.05, 3.63) is 51.8 Å². The molecule has 1 aliphatic carbocycles. The molecule has 20 heavy (non-hydrogen) atoms. The minimum Gasteiger partial charge on any atom is -0.329 e. The van der Waals surface area contributed by atoms with Gasteiger partial charge >= 0.3 is 0 Å². The molecule has 0 amide bonds. The first-order valence-electron chi connectivity index (χ1n) is 7.18. The molecule has 0 atom stereocenters. The van der Waals surface area contributed by atoms with E-state index in [1.807, 2.05) is 0 Å². The van der Waals surface area contributed by atoms with Crippen molar-refractivity contribution in [2.45, 2.75) is 32.2 Å². The lowest BCUT2D eigenvalue weighted by atomic mass is 9.90. The Bertz CT molecular complexity index is 676. The van der Waals surface area contributed by atoms with E-state index >= 15 is 0 Å². The first-order valence-corrected chi connectivity index (χ1v) is 7.18. The van der Waals surface area contributed by atoms with Crippen molar-refractivity contribution < 1.29 is 0 Å². The maximum atomic E-state index is 11.7. The predicted molar refractivity (Wildman–Crippen MR) is 79.6 cm³/mol. The second-order valence-corrected chi connectivity index (χ2v) is 5.26. The summed E-state index contributed by atoms with van der Waals surface area (Å²) in [6.07, 6.45) is 4.86. The molecule has 0 saturated heterocycles. The van der Waals surface area contributed by atoms with Crippen LogP contribution in [-0.4, -0.2) is 16.3 Å². The zero-order chi connectivity index (χ0) is 13.9. The molecule has 104 valence electrons. The molecular weight excluding hydrogens is 250 g/mol. The van der Waals surface area contributed by atoms with Crippen molar-refractivity contribution in [1.82, 2.24) is 9.78 Å². The number of hydrogen-bond acceptors (Lipinski definition) is 3. The van der Waals surface area contributed by atoms with Gasteiger partial charge in [0.2, 0.25) is 0 Å². The van der Waals surface area contributed by atoms with Crippen LogP contribution in [-0.2, 0) is 19.4 Å². The number of aryl methyl sites for hydroxylation is 2. The van der Waals surface area contributed by atoms with Crippen LogP contribution >= 0.6 is 0 Å². The van der Waals surface area contributed by atoms with Gasteiger partial charge in [0.15, 0.2) is 0 Å². The Kier molecular flexibility index (Phi) is 3.65. The van der Waals surface area contributed by atoms with Gasteiger partial charge in [-0.2, -0.15) is 5.10 Å². The molecule has 4 nitrogen and oxygen atoms in total. The predicted octanol–water partition coefficient (Wildman–Crippen LogP) is 1.75. The van der Waals surface area contributed by atoms with Gasteiger partial charge < -0.3 is 5.73 Å². The van der Waals surface area contributed by atoms with E-state index in [-0.39, 0.29) is 5.56 Å². The molecule has 3 rings (SSSR count). The highest BCUT2D eigenvalue weighted by atomic mass is 16.1. The molecule has 1 aliphatic rings. The van der Waals surface area contributed by atoms with Crippen LogP contribution in [0.5, 0.6) is 0 Å². The number of aromatic nitrogens is 2. The average molecular weight is 269 g/mol. The molecule has 0 fully saturated rings. The minimum atomic E-state index is -0.0999. The Morgan fingerprint density at radius 2 is 1.90 bits per heavy atom. The van der Waals surface area contributed by atoms with Gasteiger partial charge in [0, 0.05) is 18.2 Å². The summed E-state index contributed by atoms with van der Waals surface area (Å²) in [6, 6.07) is 9.87. The third-order valence-corrected chi connectivity index (χ3v) is 3.85. The van der Waals surface area contributed by atoms with E-state index < -0.39 is 0 Å². The number of nitrogens with two attached hydrogens (primary N) is 1. The van der Waals surface area contributed by atoms with Crippen LogP contribution in [0.25, 0.3) is 11.3 Å². The largest absolute Gasteiger partial charge is 0.329 e. The minimum absolute atomic E-state index is 0.0999. The standard InChI is InChI=1S/C16H19N3O/c17-9-10-19-16(20)8-7-15(18-19)14-6-5-12-3-1-2-4-13(12)11-14/h5-8,11H,1-4,9-10,17H2. The van der Waals surface area contributed by atoms with E-state index in [4.69, 9.17) is 5.73 Å². The fourth-order valence-electron chi connectivity index (χ4n) is 2.78. The summed E-state index contributed by atoms with van der Waals surface area (Å²) in [7, 11) is 0. The van der Waals surface area contributed by atoms with Crippen molar-refractivity contribution in [2.24, 2.45) is 5.73 Å². The highest BCUT2D eigenvalue weighted by Crippen LogP contribution is 2.26. The maximum absolute atomic E-state index is 11.7. The number of hydrogen-bond donors (Lipinski definition) is 1. The van der Waals surface area contributed by atoms with Crippen LogP contribution < -0.4 is 11.3 Å². The lowest BCUT2D eigenvalue weighted by Crippen LogP contribution is -2.25. The van der Waals surface area contributed by atoms with E-state index in [9.17, 15) is 4.79 Å². The summed E-state index contributed by atoms with van der Waals surface area (Å²) in [5.74, 6) is 0. The van der Waals surface area contributed by atoms with Crippen molar-refractivity contribution in [2.75, 3.05) is 6.54 Å². The third-order valence-electron chi connectivity index (χ3n) is 3.85. The normalized spacial score (nSPS) is 14.1. The van der Waals surface area contributed by atoms with Crippen LogP contribution in [0, 0.1) is 0 Å². The van der Waals surface area contributed by atoms with Crippen LogP contribution in [0.4, 0.5) is 0 Å². The molecule has 2 aromatic rings. The molecule has 2 N–H and O–H groups in total. The first-order chi connectivity index (χ1) is 9.78. The first kappa shape index (κ1) is 13.1. The molecule has 0 aliphatic heterocycles. The monoisotopic (exact) mass is 269 g/mol. The van der Waals surface area contributed by atoms with Gasteiger partial charge in [-0.15, -0.1) is 0 Å². The van der Waals surface area contributed by atoms with Crippen molar-refractivity contribution in [3.8, 4) is 11.3 Å². The number of rotatable bonds is 3. The Balaban J connectivity index is 2.00. The number of nitrogens with zero attached hydrogens (tertiary/aromatic N) is 2. The average Bonchev–Trinajstić information content (AvgIpc) is 2.49. The lowest BCUT2D eigenvalue weighted by Gasteiger charge is -2.16. The van der Waals surface area contributed by atoms with Gasteiger partial charge in [-0.1, -0.05) is 12.1 Å². The maximum Gasteiger partial charge on any atom is 0.266 e. The molecule has 1 heterocycles. The topological polar surface area (TPSA) is 60.9 Å². The van der Waals surface area contributed by atoms with E-state index in [1.54, 1.807) is 12.1 Å². The molecule has 0 saturated carbocycles. The van der Waals surface area contributed by atoms with Gasteiger partial charge in [0.25, 0.3) is 5.56 Å². The zero-order valence-electron chi connectivity index (χ0n) is 11.5. The van der Waals surface area contributed by atoms with Gasteiger partial charge in [-0.25, -0.2) is 4.68 Å². The quantitative estimate of drug-likeness (QED) is 0.923. The molecule has 0 bridgehead atoms. The van der Waals surface area contributed by atoms with Gasteiger partial charge in [-0.05, 0) is 48.9 Å². The van der Waals surface area contributed by atoms with Crippen LogP contribution in [0.3, 0.4) is 0 Å². The highest BCUT2D eigenvalue weighted by Gasteiger charge is 2.11. The Hall–Kier alpha value is -1.94. The molecule has 0 radical (unpaired) electrons. The summed E-state index contributed by atoms with van der Waals surface area (Å²) in [6.45, 7) is 0.873. The van der Waals surface area contributed by atoms with E-state index in [2.05, 4.69) is 23.3 Å². The van der Waals surface area contributed by atoms with E-state index in [0.717, 1.165) is 17.7 Å². The molecular formula is C16H19N3O. The molecule has 0 unspecified atom stereocenters. The fourth-order valence-corrected chi connectivity index (χ4v) is 2.78. The summed E-state index contributed by atoms with van der Waals surface area (Å²) >= 11 is 0. The van der Waals surface area contributed by atoms with Crippen LogP contribution in [0.2, 0.25) is 0 Å². The zero-order valence-corrected chi connectivity index (χ0v) is 11.5.